The lowest BCUT2D eigenvalue weighted by Gasteiger charge is -2.29. The number of methoxy groups -OCH3 is 1. The van der Waals surface area contributed by atoms with E-state index in [1.54, 1.807) is 7.11 Å². The number of ether oxygens (including phenoxy) is 1. The maximum Gasteiger partial charge on any atom is 0.0623 e. The fourth-order valence-corrected chi connectivity index (χ4v) is 2.40. The second-order valence-electron chi connectivity index (χ2n) is 7.39. The molecule has 0 saturated carbocycles. The molecule has 0 aliphatic rings. The number of benzene rings is 1. The van der Waals surface area contributed by atoms with Crippen LogP contribution in [0.3, 0.4) is 0 Å². The lowest BCUT2D eigenvalue weighted by atomic mass is 9.89. The molecule has 0 aromatic heterocycles. The molecule has 0 radical (unpaired) electrons. The van der Waals surface area contributed by atoms with Gasteiger partial charge in [-0.1, -0.05) is 23.7 Å². The van der Waals surface area contributed by atoms with Crippen LogP contribution < -0.4 is 5.32 Å². The first-order chi connectivity index (χ1) is 9.63. The number of hydrogen-bond donors (Lipinski definition) is 1. The van der Waals surface area contributed by atoms with Crippen molar-refractivity contribution in [2.75, 3.05) is 13.7 Å². The first-order valence-corrected chi connectivity index (χ1v) is 8.06. The number of hydrogen-bond acceptors (Lipinski definition) is 2. The second kappa shape index (κ2) is 7.62. The van der Waals surface area contributed by atoms with E-state index in [1.807, 2.05) is 12.1 Å². The van der Waals surface area contributed by atoms with Gasteiger partial charge in [-0.3, -0.25) is 0 Å². The van der Waals surface area contributed by atoms with E-state index in [0.29, 0.717) is 5.92 Å². The predicted octanol–water partition coefficient (Wildman–Crippen LogP) is 5.02. The monoisotopic (exact) mass is 311 g/mol. The number of halogens is 1. The molecule has 1 rings (SSSR count). The molecule has 1 atom stereocenters. The summed E-state index contributed by atoms with van der Waals surface area (Å²) in [5.41, 5.74) is 1.33. The van der Waals surface area contributed by atoms with Crippen LogP contribution >= 0.6 is 11.6 Å². The van der Waals surface area contributed by atoms with Crippen LogP contribution in [0.15, 0.2) is 24.3 Å². The van der Waals surface area contributed by atoms with Gasteiger partial charge in [0.25, 0.3) is 0 Å². The lowest BCUT2D eigenvalue weighted by molar-refractivity contribution is 0.0123. The molecule has 0 aliphatic heterocycles. The van der Waals surface area contributed by atoms with Gasteiger partial charge >= 0.3 is 0 Å². The van der Waals surface area contributed by atoms with E-state index in [-0.39, 0.29) is 11.1 Å². The van der Waals surface area contributed by atoms with Crippen LogP contribution in [-0.2, 0) is 4.74 Å². The van der Waals surface area contributed by atoms with Gasteiger partial charge in [-0.05, 0) is 71.1 Å². The Labute approximate surface area is 135 Å². The number of nitrogens with one attached hydrogen (secondary N) is 1. The highest BCUT2D eigenvalue weighted by Crippen LogP contribution is 2.28. The van der Waals surface area contributed by atoms with Gasteiger partial charge < -0.3 is 10.1 Å². The van der Waals surface area contributed by atoms with Crippen molar-refractivity contribution in [2.45, 2.75) is 64.5 Å². The lowest BCUT2D eigenvalue weighted by Crippen LogP contribution is -2.39. The molecule has 1 aromatic rings. The molecule has 0 bridgehead atoms. The SMILES string of the molecule is COC(C)(C)CCC(CNC(C)(C)C)c1cccc(Cl)c1. The largest absolute Gasteiger partial charge is 0.379 e. The normalized spacial score (nSPS) is 14.2. The van der Waals surface area contributed by atoms with Gasteiger partial charge in [-0.25, -0.2) is 0 Å². The van der Waals surface area contributed by atoms with Gasteiger partial charge in [0.1, 0.15) is 0 Å². The summed E-state index contributed by atoms with van der Waals surface area (Å²) in [7, 11) is 1.78. The maximum absolute atomic E-state index is 6.15. The van der Waals surface area contributed by atoms with E-state index in [9.17, 15) is 0 Å². The fraction of sp³-hybridized carbons (Fsp3) is 0.667. The summed E-state index contributed by atoms with van der Waals surface area (Å²) in [4.78, 5) is 0. The molecule has 0 saturated heterocycles. The van der Waals surface area contributed by atoms with Crippen molar-refractivity contribution >= 4 is 11.6 Å². The second-order valence-corrected chi connectivity index (χ2v) is 7.82. The van der Waals surface area contributed by atoms with Gasteiger partial charge in [0.05, 0.1) is 5.60 Å². The summed E-state index contributed by atoms with van der Waals surface area (Å²) in [6.45, 7) is 11.8. The minimum Gasteiger partial charge on any atom is -0.379 e. The highest BCUT2D eigenvalue weighted by Gasteiger charge is 2.21. The molecule has 21 heavy (non-hydrogen) atoms. The Morgan fingerprint density at radius 1 is 1.19 bits per heavy atom. The van der Waals surface area contributed by atoms with E-state index < -0.39 is 0 Å². The maximum atomic E-state index is 6.15. The van der Waals surface area contributed by atoms with Crippen LogP contribution in [0.25, 0.3) is 0 Å². The third-order valence-corrected chi connectivity index (χ3v) is 4.08. The van der Waals surface area contributed by atoms with Crippen LogP contribution in [-0.4, -0.2) is 24.8 Å². The highest BCUT2D eigenvalue weighted by atomic mass is 35.5. The third kappa shape index (κ3) is 7.30. The van der Waals surface area contributed by atoms with Crippen molar-refractivity contribution in [2.24, 2.45) is 0 Å². The molecule has 0 amide bonds. The smallest absolute Gasteiger partial charge is 0.0623 e. The van der Waals surface area contributed by atoms with Crippen molar-refractivity contribution in [3.05, 3.63) is 34.9 Å². The average molecular weight is 312 g/mol. The fourth-order valence-electron chi connectivity index (χ4n) is 2.20. The molecule has 2 nitrogen and oxygen atoms in total. The van der Waals surface area contributed by atoms with E-state index in [2.05, 4.69) is 52.1 Å². The molecule has 1 aromatic carbocycles. The van der Waals surface area contributed by atoms with E-state index in [4.69, 9.17) is 16.3 Å². The third-order valence-electron chi connectivity index (χ3n) is 3.85. The topological polar surface area (TPSA) is 21.3 Å². The van der Waals surface area contributed by atoms with E-state index in [1.165, 1.54) is 5.56 Å². The first kappa shape index (κ1) is 18.5. The quantitative estimate of drug-likeness (QED) is 0.763. The molecule has 3 heteroatoms. The molecule has 0 fully saturated rings. The molecule has 0 spiro atoms. The van der Waals surface area contributed by atoms with Gasteiger partial charge in [-0.15, -0.1) is 0 Å². The van der Waals surface area contributed by atoms with Gasteiger partial charge in [-0.2, -0.15) is 0 Å². The van der Waals surface area contributed by atoms with Gasteiger partial charge in [0.2, 0.25) is 0 Å². The Hall–Kier alpha value is -0.570. The van der Waals surface area contributed by atoms with Crippen molar-refractivity contribution in [3.8, 4) is 0 Å². The van der Waals surface area contributed by atoms with E-state index in [0.717, 1.165) is 24.4 Å². The summed E-state index contributed by atoms with van der Waals surface area (Å²) >= 11 is 6.15. The van der Waals surface area contributed by atoms with Crippen LogP contribution in [0.2, 0.25) is 5.02 Å². The number of rotatable bonds is 7. The summed E-state index contributed by atoms with van der Waals surface area (Å²) in [6, 6.07) is 8.21. The summed E-state index contributed by atoms with van der Waals surface area (Å²) < 4.78 is 5.55. The molecule has 0 aliphatic carbocycles. The van der Waals surface area contributed by atoms with Crippen LogP contribution in [0, 0.1) is 0 Å². The zero-order valence-electron chi connectivity index (χ0n) is 14.3. The summed E-state index contributed by atoms with van der Waals surface area (Å²) in [5.74, 6) is 0.442. The molecule has 120 valence electrons. The van der Waals surface area contributed by atoms with Crippen molar-refractivity contribution in [3.63, 3.8) is 0 Å². The highest BCUT2D eigenvalue weighted by molar-refractivity contribution is 6.30. The minimum absolute atomic E-state index is 0.0848. The summed E-state index contributed by atoms with van der Waals surface area (Å²) in [5, 5.41) is 4.42. The molecular weight excluding hydrogens is 282 g/mol. The molecule has 1 N–H and O–H groups in total. The van der Waals surface area contributed by atoms with Crippen LogP contribution in [0.1, 0.15) is 58.9 Å². The Bertz CT molecular complexity index is 437. The van der Waals surface area contributed by atoms with Crippen molar-refractivity contribution in [1.29, 1.82) is 0 Å². The molecule has 0 heterocycles. The Balaban J connectivity index is 2.79. The zero-order chi connectivity index (χ0) is 16.1. The van der Waals surface area contributed by atoms with Gasteiger partial charge in [0.15, 0.2) is 0 Å². The van der Waals surface area contributed by atoms with Gasteiger partial charge in [0, 0.05) is 24.2 Å². The minimum atomic E-state index is -0.0848. The summed E-state index contributed by atoms with van der Waals surface area (Å²) in [6.07, 6.45) is 2.09. The van der Waals surface area contributed by atoms with E-state index >= 15 is 0 Å². The Morgan fingerprint density at radius 3 is 2.38 bits per heavy atom. The van der Waals surface area contributed by atoms with Crippen LogP contribution in [0.4, 0.5) is 0 Å². The van der Waals surface area contributed by atoms with Crippen molar-refractivity contribution in [1.82, 2.24) is 5.32 Å². The van der Waals surface area contributed by atoms with Crippen LogP contribution in [0.5, 0.6) is 0 Å². The Kier molecular flexibility index (Phi) is 6.71. The predicted molar refractivity (Wildman–Crippen MR) is 92.3 cm³/mol. The zero-order valence-corrected chi connectivity index (χ0v) is 15.1. The standard InChI is InChI=1S/C18H30ClNO/c1-17(2,3)20-13-15(10-11-18(4,5)21-6)14-8-7-9-16(19)12-14/h7-9,12,15,20H,10-11,13H2,1-6H3. The Morgan fingerprint density at radius 2 is 1.86 bits per heavy atom. The molecular formula is C18H30ClNO. The molecule has 1 unspecified atom stereocenters. The average Bonchev–Trinajstić information content (AvgIpc) is 2.37. The first-order valence-electron chi connectivity index (χ1n) is 7.69. The van der Waals surface area contributed by atoms with Crippen molar-refractivity contribution < 1.29 is 4.74 Å².